The summed E-state index contributed by atoms with van der Waals surface area (Å²) >= 11 is 0. The van der Waals surface area contributed by atoms with Gasteiger partial charge in [-0.25, -0.2) is 4.98 Å². The SMILES string of the molecule is N#Cc1nc(NC2CCCN(Cc3ccccc3)C2)ccc1[N+](=O)[O-]. The van der Waals surface area contributed by atoms with Crippen molar-refractivity contribution in [3.05, 3.63) is 63.8 Å². The summed E-state index contributed by atoms with van der Waals surface area (Å²) in [5.74, 6) is 0.508. The van der Waals surface area contributed by atoms with E-state index in [4.69, 9.17) is 5.26 Å². The Morgan fingerprint density at radius 2 is 2.12 bits per heavy atom. The number of nitro groups is 1. The quantitative estimate of drug-likeness (QED) is 0.666. The Hall–Kier alpha value is -2.98. The van der Waals surface area contributed by atoms with E-state index in [2.05, 4.69) is 27.3 Å². The number of benzene rings is 1. The number of pyridine rings is 1. The average molecular weight is 337 g/mol. The highest BCUT2D eigenvalue weighted by atomic mass is 16.6. The molecule has 1 unspecified atom stereocenters. The van der Waals surface area contributed by atoms with Gasteiger partial charge in [0.25, 0.3) is 0 Å². The summed E-state index contributed by atoms with van der Waals surface area (Å²) in [6, 6.07) is 15.2. The molecule has 0 aliphatic carbocycles. The first-order valence-corrected chi connectivity index (χ1v) is 8.24. The lowest BCUT2D eigenvalue weighted by Crippen LogP contribution is -2.41. The van der Waals surface area contributed by atoms with Gasteiger partial charge in [0.2, 0.25) is 5.69 Å². The average Bonchev–Trinajstić information content (AvgIpc) is 2.62. The molecular weight excluding hydrogens is 318 g/mol. The minimum atomic E-state index is -0.586. The molecule has 1 saturated heterocycles. The number of nitriles is 1. The summed E-state index contributed by atoms with van der Waals surface area (Å²) in [5, 5.41) is 23.2. The molecule has 1 fully saturated rings. The van der Waals surface area contributed by atoms with Crippen LogP contribution in [0.1, 0.15) is 24.1 Å². The summed E-state index contributed by atoms with van der Waals surface area (Å²) in [5.41, 5.74) is 0.859. The van der Waals surface area contributed by atoms with Crippen LogP contribution in [-0.2, 0) is 6.54 Å². The van der Waals surface area contributed by atoms with Gasteiger partial charge in [-0.05, 0) is 31.0 Å². The molecule has 0 radical (unpaired) electrons. The maximum Gasteiger partial charge on any atom is 0.305 e. The molecular formula is C18H19N5O2. The highest BCUT2D eigenvalue weighted by Gasteiger charge is 2.21. The number of rotatable bonds is 5. The second-order valence-corrected chi connectivity index (χ2v) is 6.14. The Morgan fingerprint density at radius 3 is 2.84 bits per heavy atom. The standard InChI is InChI=1S/C18H19N5O2/c19-11-16-17(23(24)25)8-9-18(21-16)20-15-7-4-10-22(13-15)12-14-5-2-1-3-6-14/h1-3,5-6,8-9,15H,4,7,10,12-13H2,(H,20,21). The molecule has 1 aromatic heterocycles. The van der Waals surface area contributed by atoms with E-state index in [1.165, 1.54) is 11.6 Å². The molecule has 2 aromatic rings. The first kappa shape index (κ1) is 16.9. The molecule has 2 heterocycles. The summed E-state index contributed by atoms with van der Waals surface area (Å²) in [4.78, 5) is 16.8. The monoisotopic (exact) mass is 337 g/mol. The maximum absolute atomic E-state index is 10.9. The Kier molecular flexibility index (Phi) is 5.21. The zero-order valence-corrected chi connectivity index (χ0v) is 13.8. The maximum atomic E-state index is 10.9. The number of likely N-dealkylation sites (tertiary alicyclic amines) is 1. The molecule has 1 N–H and O–H groups in total. The first-order valence-electron chi connectivity index (χ1n) is 8.24. The van der Waals surface area contributed by atoms with Gasteiger partial charge < -0.3 is 5.32 Å². The van der Waals surface area contributed by atoms with E-state index >= 15 is 0 Å². The van der Waals surface area contributed by atoms with Gasteiger partial charge >= 0.3 is 5.69 Å². The third-order valence-electron chi connectivity index (χ3n) is 4.28. The fourth-order valence-corrected chi connectivity index (χ4v) is 3.13. The molecule has 1 aliphatic rings. The van der Waals surface area contributed by atoms with Crippen molar-refractivity contribution in [1.82, 2.24) is 9.88 Å². The molecule has 1 atom stereocenters. The minimum Gasteiger partial charge on any atom is -0.366 e. The highest BCUT2D eigenvalue weighted by molar-refractivity contribution is 5.50. The predicted molar refractivity (Wildman–Crippen MR) is 94.0 cm³/mol. The van der Waals surface area contributed by atoms with Gasteiger partial charge in [-0.2, -0.15) is 5.26 Å². The lowest BCUT2D eigenvalue weighted by Gasteiger charge is -2.33. The zero-order chi connectivity index (χ0) is 17.6. The van der Waals surface area contributed by atoms with E-state index in [0.29, 0.717) is 5.82 Å². The van der Waals surface area contributed by atoms with Crippen LogP contribution in [-0.4, -0.2) is 33.9 Å². The molecule has 25 heavy (non-hydrogen) atoms. The van der Waals surface area contributed by atoms with Crippen LogP contribution in [0, 0.1) is 21.4 Å². The zero-order valence-electron chi connectivity index (χ0n) is 13.8. The molecule has 1 aromatic carbocycles. The Bertz CT molecular complexity index is 788. The number of hydrogen-bond acceptors (Lipinski definition) is 6. The van der Waals surface area contributed by atoms with Gasteiger partial charge in [0.05, 0.1) is 4.92 Å². The van der Waals surface area contributed by atoms with E-state index in [1.54, 1.807) is 12.1 Å². The Morgan fingerprint density at radius 1 is 1.32 bits per heavy atom. The smallest absolute Gasteiger partial charge is 0.305 e. The number of nitrogens with one attached hydrogen (secondary N) is 1. The summed E-state index contributed by atoms with van der Waals surface area (Å²) in [6.07, 6.45) is 2.08. The second-order valence-electron chi connectivity index (χ2n) is 6.14. The predicted octanol–water partition coefficient (Wildman–Crippen LogP) is 2.94. The van der Waals surface area contributed by atoms with Crippen LogP contribution in [0.5, 0.6) is 0 Å². The molecule has 0 amide bonds. The minimum absolute atomic E-state index is 0.160. The van der Waals surface area contributed by atoms with Crippen molar-refractivity contribution in [3.63, 3.8) is 0 Å². The number of hydrogen-bond donors (Lipinski definition) is 1. The van der Waals surface area contributed by atoms with Gasteiger partial charge in [-0.1, -0.05) is 30.3 Å². The number of nitrogens with zero attached hydrogens (tertiary/aromatic N) is 4. The molecule has 7 heteroatoms. The van der Waals surface area contributed by atoms with Crippen LogP contribution in [0.3, 0.4) is 0 Å². The first-order chi connectivity index (χ1) is 12.2. The van der Waals surface area contributed by atoms with Crippen molar-refractivity contribution in [2.75, 3.05) is 18.4 Å². The lowest BCUT2D eigenvalue weighted by molar-refractivity contribution is -0.385. The fraction of sp³-hybridized carbons (Fsp3) is 0.333. The van der Waals surface area contributed by atoms with Gasteiger partial charge in [-0.3, -0.25) is 15.0 Å². The number of anilines is 1. The van der Waals surface area contributed by atoms with E-state index in [0.717, 1.165) is 32.5 Å². The van der Waals surface area contributed by atoms with Crippen LogP contribution >= 0.6 is 0 Å². The lowest BCUT2D eigenvalue weighted by atomic mass is 10.0. The Balaban J connectivity index is 1.65. The third-order valence-corrected chi connectivity index (χ3v) is 4.28. The number of piperidine rings is 1. The fourth-order valence-electron chi connectivity index (χ4n) is 3.13. The van der Waals surface area contributed by atoms with Crippen LogP contribution in [0.4, 0.5) is 11.5 Å². The van der Waals surface area contributed by atoms with Gasteiger partial charge in [0.15, 0.2) is 0 Å². The summed E-state index contributed by atoms with van der Waals surface area (Å²) < 4.78 is 0. The van der Waals surface area contributed by atoms with Crippen molar-refractivity contribution in [1.29, 1.82) is 5.26 Å². The van der Waals surface area contributed by atoms with E-state index in [1.807, 2.05) is 18.2 Å². The normalized spacial score (nSPS) is 17.6. The van der Waals surface area contributed by atoms with Crippen molar-refractivity contribution < 1.29 is 4.92 Å². The molecule has 0 bridgehead atoms. The van der Waals surface area contributed by atoms with Crippen molar-refractivity contribution in [2.24, 2.45) is 0 Å². The molecule has 1 aliphatic heterocycles. The van der Waals surface area contributed by atoms with E-state index in [9.17, 15) is 10.1 Å². The third kappa shape index (κ3) is 4.31. The highest BCUT2D eigenvalue weighted by Crippen LogP contribution is 2.21. The van der Waals surface area contributed by atoms with Crippen LogP contribution in [0.2, 0.25) is 0 Å². The van der Waals surface area contributed by atoms with Crippen molar-refractivity contribution in [2.45, 2.75) is 25.4 Å². The molecule has 7 nitrogen and oxygen atoms in total. The van der Waals surface area contributed by atoms with Crippen LogP contribution in [0.25, 0.3) is 0 Å². The summed E-state index contributed by atoms with van der Waals surface area (Å²) in [7, 11) is 0. The largest absolute Gasteiger partial charge is 0.366 e. The molecule has 0 saturated carbocycles. The van der Waals surface area contributed by atoms with Crippen LogP contribution < -0.4 is 5.32 Å². The molecule has 0 spiro atoms. The molecule has 3 rings (SSSR count). The van der Waals surface area contributed by atoms with E-state index < -0.39 is 4.92 Å². The van der Waals surface area contributed by atoms with E-state index in [-0.39, 0.29) is 17.4 Å². The van der Waals surface area contributed by atoms with Gasteiger partial charge in [0, 0.05) is 25.2 Å². The number of aromatic nitrogens is 1. The van der Waals surface area contributed by atoms with Crippen molar-refractivity contribution >= 4 is 11.5 Å². The van der Waals surface area contributed by atoms with Gasteiger partial charge in [0.1, 0.15) is 11.9 Å². The van der Waals surface area contributed by atoms with Crippen LogP contribution in [0.15, 0.2) is 42.5 Å². The second kappa shape index (κ2) is 7.73. The molecule has 128 valence electrons. The summed E-state index contributed by atoms with van der Waals surface area (Å²) in [6.45, 7) is 2.82. The van der Waals surface area contributed by atoms with Gasteiger partial charge in [-0.15, -0.1) is 0 Å². The topological polar surface area (TPSA) is 95.1 Å². The Labute approximate surface area is 146 Å². The van der Waals surface area contributed by atoms with Crippen molar-refractivity contribution in [3.8, 4) is 6.07 Å².